The molecule has 0 unspecified atom stereocenters. The van der Waals surface area contributed by atoms with Gasteiger partial charge < -0.3 is 0 Å². The predicted octanol–water partition coefficient (Wildman–Crippen LogP) is 12.6. The summed E-state index contributed by atoms with van der Waals surface area (Å²) in [5.41, 5.74) is 5.92. The molecule has 2 aliphatic rings. The number of benzene rings is 2. The van der Waals surface area contributed by atoms with Crippen LogP contribution in [0.5, 0.6) is 0 Å². The van der Waals surface area contributed by atoms with Gasteiger partial charge in [-0.25, -0.2) is 0 Å². The number of unbranched alkanes of at least 4 members (excludes halogenated alkanes) is 8. The molecule has 0 bridgehead atoms. The Morgan fingerprint density at radius 3 is 1.11 bits per heavy atom. The second kappa shape index (κ2) is 16.5. The molecule has 0 N–H and O–H groups in total. The van der Waals surface area contributed by atoms with Crippen molar-refractivity contribution in [3.63, 3.8) is 0 Å². The standard InChI is InChI=1S/C38H58/c1-3-5-7-9-11-13-31-15-19-33(20-16-31)35-23-27-37(28-24-35)38-29-25-36(26-30-38)34-21-17-32(18-22-34)14-12-10-8-6-4-2/h23-34H,3-22H2,1-2H3/t31-,32-,33-,34-. The highest BCUT2D eigenvalue weighted by molar-refractivity contribution is 5.64. The Labute approximate surface area is 236 Å². The zero-order valence-corrected chi connectivity index (χ0v) is 25.1. The molecular weight excluding hydrogens is 456 g/mol. The van der Waals surface area contributed by atoms with Crippen LogP contribution in [-0.2, 0) is 0 Å². The normalized spacial score (nSPS) is 23.9. The summed E-state index contributed by atoms with van der Waals surface area (Å²) in [6.07, 6.45) is 28.6. The lowest BCUT2D eigenvalue weighted by molar-refractivity contribution is 0.302. The highest BCUT2D eigenvalue weighted by Crippen LogP contribution is 2.40. The van der Waals surface area contributed by atoms with Gasteiger partial charge in [0.15, 0.2) is 0 Å². The first-order valence-electron chi connectivity index (χ1n) is 17.0. The van der Waals surface area contributed by atoms with Gasteiger partial charge in [-0.05, 0) is 97.3 Å². The molecule has 2 aliphatic carbocycles. The molecule has 38 heavy (non-hydrogen) atoms. The van der Waals surface area contributed by atoms with Crippen LogP contribution >= 0.6 is 0 Å². The van der Waals surface area contributed by atoms with Gasteiger partial charge in [0.1, 0.15) is 0 Å². The van der Waals surface area contributed by atoms with Crippen LogP contribution in [0.2, 0.25) is 0 Å². The Bertz CT molecular complexity index is 784. The van der Waals surface area contributed by atoms with E-state index < -0.39 is 0 Å². The molecular formula is C38H58. The first kappa shape index (κ1) is 29.4. The minimum Gasteiger partial charge on any atom is -0.0654 e. The van der Waals surface area contributed by atoms with Crippen molar-refractivity contribution in [2.75, 3.05) is 0 Å². The van der Waals surface area contributed by atoms with Crippen LogP contribution in [0.15, 0.2) is 48.5 Å². The van der Waals surface area contributed by atoms with E-state index in [4.69, 9.17) is 0 Å². The van der Waals surface area contributed by atoms with Crippen LogP contribution in [0, 0.1) is 11.8 Å². The first-order chi connectivity index (χ1) is 18.8. The molecule has 210 valence electrons. The lowest BCUT2D eigenvalue weighted by atomic mass is 9.76. The Morgan fingerprint density at radius 1 is 0.421 bits per heavy atom. The van der Waals surface area contributed by atoms with Crippen LogP contribution in [0.1, 0.15) is 165 Å². The molecule has 0 heterocycles. The van der Waals surface area contributed by atoms with Crippen molar-refractivity contribution in [3.05, 3.63) is 59.7 Å². The minimum atomic E-state index is 0.786. The van der Waals surface area contributed by atoms with Crippen molar-refractivity contribution >= 4 is 0 Å². The second-order valence-electron chi connectivity index (χ2n) is 13.1. The van der Waals surface area contributed by atoms with Gasteiger partial charge in [0.05, 0.1) is 0 Å². The molecule has 2 fully saturated rings. The summed E-state index contributed by atoms with van der Waals surface area (Å²) in [6.45, 7) is 4.62. The summed E-state index contributed by atoms with van der Waals surface area (Å²) in [5, 5.41) is 0. The molecule has 0 aromatic heterocycles. The van der Waals surface area contributed by atoms with Gasteiger partial charge in [0.2, 0.25) is 0 Å². The van der Waals surface area contributed by atoms with Crippen molar-refractivity contribution in [2.24, 2.45) is 11.8 Å². The van der Waals surface area contributed by atoms with Crippen molar-refractivity contribution in [2.45, 2.75) is 154 Å². The quantitative estimate of drug-likeness (QED) is 0.207. The average molecular weight is 515 g/mol. The highest BCUT2D eigenvalue weighted by Gasteiger charge is 2.23. The van der Waals surface area contributed by atoms with E-state index in [1.54, 1.807) is 11.1 Å². The van der Waals surface area contributed by atoms with Crippen LogP contribution in [0.4, 0.5) is 0 Å². The van der Waals surface area contributed by atoms with Gasteiger partial charge in [0.25, 0.3) is 0 Å². The molecule has 2 aromatic rings. The van der Waals surface area contributed by atoms with Crippen LogP contribution in [0.3, 0.4) is 0 Å². The SMILES string of the molecule is CCCCCCC[C@H]1CC[C@H](c2ccc(-c3ccc([C@H]4CC[C@H](CCCCCCC)CC4)cc3)cc2)CC1. The van der Waals surface area contributed by atoms with Gasteiger partial charge in [-0.2, -0.15) is 0 Å². The fourth-order valence-electron chi connectivity index (χ4n) is 7.54. The molecule has 0 saturated heterocycles. The third-order valence-electron chi connectivity index (χ3n) is 10.2. The zero-order valence-electron chi connectivity index (χ0n) is 25.1. The summed E-state index contributed by atoms with van der Waals surface area (Å²) in [6, 6.07) is 19.3. The highest BCUT2D eigenvalue weighted by atomic mass is 14.3. The Hall–Kier alpha value is -1.56. The van der Waals surface area contributed by atoms with Gasteiger partial charge in [-0.15, -0.1) is 0 Å². The van der Waals surface area contributed by atoms with Crippen LogP contribution < -0.4 is 0 Å². The second-order valence-corrected chi connectivity index (χ2v) is 13.1. The predicted molar refractivity (Wildman–Crippen MR) is 168 cm³/mol. The summed E-state index contributed by atoms with van der Waals surface area (Å²) >= 11 is 0. The molecule has 0 atom stereocenters. The Balaban J connectivity index is 1.18. The van der Waals surface area contributed by atoms with Crippen LogP contribution in [0.25, 0.3) is 11.1 Å². The summed E-state index contributed by atoms with van der Waals surface area (Å²) in [7, 11) is 0. The van der Waals surface area contributed by atoms with E-state index in [9.17, 15) is 0 Å². The number of hydrogen-bond acceptors (Lipinski definition) is 0. The average Bonchev–Trinajstić information content (AvgIpc) is 2.98. The third kappa shape index (κ3) is 9.27. The lowest BCUT2D eigenvalue weighted by Gasteiger charge is -2.29. The molecule has 0 radical (unpaired) electrons. The van der Waals surface area contributed by atoms with Crippen molar-refractivity contribution in [3.8, 4) is 11.1 Å². The molecule has 0 amide bonds. The molecule has 2 aromatic carbocycles. The van der Waals surface area contributed by atoms with Crippen LogP contribution in [-0.4, -0.2) is 0 Å². The summed E-state index contributed by atoms with van der Waals surface area (Å²) in [5.74, 6) is 3.57. The van der Waals surface area contributed by atoms with E-state index in [0.717, 1.165) is 23.7 Å². The summed E-state index contributed by atoms with van der Waals surface area (Å²) in [4.78, 5) is 0. The van der Waals surface area contributed by atoms with E-state index in [1.807, 2.05) is 0 Å². The molecule has 0 spiro atoms. The lowest BCUT2D eigenvalue weighted by Crippen LogP contribution is -2.13. The smallest absolute Gasteiger partial charge is 0.0162 e. The maximum absolute atomic E-state index is 2.43. The topological polar surface area (TPSA) is 0 Å². The van der Waals surface area contributed by atoms with E-state index in [-0.39, 0.29) is 0 Å². The largest absolute Gasteiger partial charge is 0.0654 e. The number of rotatable bonds is 15. The van der Waals surface area contributed by atoms with Crippen molar-refractivity contribution < 1.29 is 0 Å². The molecule has 0 heteroatoms. The van der Waals surface area contributed by atoms with E-state index in [1.165, 1.54) is 140 Å². The Morgan fingerprint density at radius 2 is 0.763 bits per heavy atom. The van der Waals surface area contributed by atoms with Crippen molar-refractivity contribution in [1.29, 1.82) is 0 Å². The third-order valence-corrected chi connectivity index (χ3v) is 10.2. The van der Waals surface area contributed by atoms with Gasteiger partial charge in [-0.1, -0.05) is 139 Å². The minimum absolute atomic E-state index is 0.786. The Kier molecular flexibility index (Phi) is 12.8. The molecule has 0 nitrogen and oxygen atoms in total. The maximum Gasteiger partial charge on any atom is -0.0162 e. The summed E-state index contributed by atoms with van der Waals surface area (Å²) < 4.78 is 0. The maximum atomic E-state index is 2.43. The van der Waals surface area contributed by atoms with E-state index in [2.05, 4.69) is 62.4 Å². The van der Waals surface area contributed by atoms with Gasteiger partial charge in [-0.3, -0.25) is 0 Å². The number of hydrogen-bond donors (Lipinski definition) is 0. The fourth-order valence-corrected chi connectivity index (χ4v) is 7.54. The van der Waals surface area contributed by atoms with Gasteiger partial charge >= 0.3 is 0 Å². The molecule has 0 aliphatic heterocycles. The van der Waals surface area contributed by atoms with Crippen molar-refractivity contribution in [1.82, 2.24) is 0 Å². The molecule has 4 rings (SSSR count). The molecule has 2 saturated carbocycles. The van der Waals surface area contributed by atoms with E-state index in [0.29, 0.717) is 0 Å². The fraction of sp³-hybridized carbons (Fsp3) is 0.684. The van der Waals surface area contributed by atoms with Gasteiger partial charge in [0, 0.05) is 0 Å². The van der Waals surface area contributed by atoms with E-state index >= 15 is 0 Å². The zero-order chi connectivity index (χ0) is 26.4. The first-order valence-corrected chi connectivity index (χ1v) is 17.0. The monoisotopic (exact) mass is 514 g/mol.